The van der Waals surface area contributed by atoms with Gasteiger partial charge in [-0.15, -0.1) is 0 Å². The van der Waals surface area contributed by atoms with Crippen molar-refractivity contribution in [2.24, 2.45) is 5.92 Å². The van der Waals surface area contributed by atoms with Gasteiger partial charge in [0.05, 0.1) is 0 Å². The van der Waals surface area contributed by atoms with E-state index in [1.54, 1.807) is 0 Å². The first-order valence-corrected chi connectivity index (χ1v) is 7.55. The molecule has 1 aromatic carbocycles. The van der Waals surface area contributed by atoms with E-state index in [0.29, 0.717) is 6.04 Å². The molecule has 0 saturated carbocycles. The average molecular weight is 260 g/mol. The van der Waals surface area contributed by atoms with Gasteiger partial charge < -0.3 is 5.32 Å². The van der Waals surface area contributed by atoms with Crippen LogP contribution in [0.3, 0.4) is 0 Å². The Bertz CT molecular complexity index is 387. The Morgan fingerprint density at radius 2 is 1.95 bits per heavy atom. The number of nitrogens with one attached hydrogen (secondary N) is 1. The number of hydrogen-bond donors (Lipinski definition) is 1. The fraction of sp³-hybridized carbons (Fsp3) is 0.647. The molecule has 0 aromatic heterocycles. The van der Waals surface area contributed by atoms with Crippen LogP contribution in [0.5, 0.6) is 0 Å². The minimum atomic E-state index is 0.500. The maximum atomic E-state index is 3.51. The summed E-state index contributed by atoms with van der Waals surface area (Å²) in [7, 11) is 2.26. The van der Waals surface area contributed by atoms with Crippen molar-refractivity contribution in [3.8, 4) is 0 Å². The molecule has 1 N–H and O–H groups in total. The van der Waals surface area contributed by atoms with E-state index < -0.39 is 0 Å². The Morgan fingerprint density at radius 3 is 2.53 bits per heavy atom. The number of hydrogen-bond acceptors (Lipinski definition) is 2. The van der Waals surface area contributed by atoms with Crippen LogP contribution >= 0.6 is 0 Å². The molecule has 2 atom stereocenters. The molecule has 0 aliphatic carbocycles. The van der Waals surface area contributed by atoms with Crippen LogP contribution in [-0.2, 0) is 0 Å². The fourth-order valence-corrected chi connectivity index (χ4v) is 3.15. The Hall–Kier alpha value is -0.860. The van der Waals surface area contributed by atoms with Gasteiger partial charge in [-0.3, -0.25) is 4.90 Å². The molecule has 0 spiro atoms. The van der Waals surface area contributed by atoms with Crippen molar-refractivity contribution in [1.29, 1.82) is 0 Å². The second-order valence-electron chi connectivity index (χ2n) is 6.25. The van der Waals surface area contributed by atoms with E-state index in [2.05, 4.69) is 56.2 Å². The van der Waals surface area contributed by atoms with E-state index in [1.165, 1.54) is 49.2 Å². The van der Waals surface area contributed by atoms with Gasteiger partial charge >= 0.3 is 0 Å². The van der Waals surface area contributed by atoms with Crippen LogP contribution < -0.4 is 5.32 Å². The lowest BCUT2D eigenvalue weighted by Crippen LogP contribution is -2.37. The van der Waals surface area contributed by atoms with Crippen LogP contribution in [0.25, 0.3) is 0 Å². The van der Waals surface area contributed by atoms with E-state index in [1.807, 2.05) is 0 Å². The molecular formula is C17H28N2. The molecule has 1 fully saturated rings. The van der Waals surface area contributed by atoms with Gasteiger partial charge in [0.15, 0.2) is 0 Å². The highest BCUT2D eigenvalue weighted by molar-refractivity contribution is 5.30. The van der Waals surface area contributed by atoms with Gasteiger partial charge in [-0.05, 0) is 65.2 Å². The molecule has 2 nitrogen and oxygen atoms in total. The van der Waals surface area contributed by atoms with Crippen molar-refractivity contribution in [3.05, 3.63) is 34.9 Å². The summed E-state index contributed by atoms with van der Waals surface area (Å²) in [6.07, 6.45) is 2.70. The third-order valence-electron chi connectivity index (χ3n) is 4.33. The smallest absolute Gasteiger partial charge is 0.0317 e. The van der Waals surface area contributed by atoms with Crippen molar-refractivity contribution < 1.29 is 0 Å². The lowest BCUT2D eigenvalue weighted by atomic mass is 9.97. The van der Waals surface area contributed by atoms with Crippen molar-refractivity contribution in [2.45, 2.75) is 39.7 Å². The molecule has 1 aromatic rings. The third-order valence-corrected chi connectivity index (χ3v) is 4.33. The Balaban J connectivity index is 1.99. The minimum absolute atomic E-state index is 0.500. The molecule has 2 heteroatoms. The highest BCUT2D eigenvalue weighted by Gasteiger charge is 2.19. The summed E-state index contributed by atoms with van der Waals surface area (Å²) in [6, 6.07) is 7.41. The summed E-state index contributed by atoms with van der Waals surface area (Å²) in [6.45, 7) is 10.3. The Kier molecular flexibility index (Phi) is 5.00. The Morgan fingerprint density at radius 1 is 1.26 bits per heavy atom. The largest absolute Gasteiger partial charge is 0.316 e. The number of benzene rings is 1. The van der Waals surface area contributed by atoms with Gasteiger partial charge in [0.2, 0.25) is 0 Å². The van der Waals surface area contributed by atoms with Gasteiger partial charge in [0, 0.05) is 12.6 Å². The average Bonchev–Trinajstić information content (AvgIpc) is 2.37. The molecular weight excluding hydrogens is 232 g/mol. The summed E-state index contributed by atoms with van der Waals surface area (Å²) >= 11 is 0. The lowest BCUT2D eigenvalue weighted by molar-refractivity contribution is 0.199. The number of aryl methyl sites for hydroxylation is 2. The van der Waals surface area contributed by atoms with Gasteiger partial charge in [-0.25, -0.2) is 0 Å². The van der Waals surface area contributed by atoms with Gasteiger partial charge in [0.25, 0.3) is 0 Å². The molecule has 1 aliphatic rings. The van der Waals surface area contributed by atoms with E-state index in [9.17, 15) is 0 Å². The van der Waals surface area contributed by atoms with E-state index in [4.69, 9.17) is 0 Å². The summed E-state index contributed by atoms with van der Waals surface area (Å²) in [4.78, 5) is 2.51. The van der Waals surface area contributed by atoms with Crippen LogP contribution in [0.4, 0.5) is 0 Å². The number of piperidine rings is 1. The van der Waals surface area contributed by atoms with Crippen LogP contribution in [-0.4, -0.2) is 31.6 Å². The normalized spacial score (nSPS) is 21.6. The van der Waals surface area contributed by atoms with Gasteiger partial charge in [-0.2, -0.15) is 0 Å². The predicted molar refractivity (Wildman–Crippen MR) is 82.6 cm³/mol. The summed E-state index contributed by atoms with van der Waals surface area (Å²) in [5.74, 6) is 0.812. The molecule has 1 saturated heterocycles. The quantitative estimate of drug-likeness (QED) is 0.893. The van der Waals surface area contributed by atoms with Crippen LogP contribution in [0, 0.1) is 19.8 Å². The third kappa shape index (κ3) is 4.05. The van der Waals surface area contributed by atoms with E-state index in [-0.39, 0.29) is 0 Å². The second kappa shape index (κ2) is 6.53. The fourth-order valence-electron chi connectivity index (χ4n) is 3.15. The van der Waals surface area contributed by atoms with Crippen molar-refractivity contribution in [1.82, 2.24) is 10.2 Å². The van der Waals surface area contributed by atoms with Crippen LogP contribution in [0.15, 0.2) is 18.2 Å². The zero-order chi connectivity index (χ0) is 13.8. The highest BCUT2D eigenvalue weighted by atomic mass is 15.1. The first-order chi connectivity index (χ1) is 9.06. The molecule has 2 rings (SSSR count). The first kappa shape index (κ1) is 14.5. The summed E-state index contributed by atoms with van der Waals surface area (Å²) < 4.78 is 0. The van der Waals surface area contributed by atoms with E-state index >= 15 is 0 Å². The van der Waals surface area contributed by atoms with E-state index in [0.717, 1.165) is 5.92 Å². The molecule has 1 heterocycles. The number of rotatable bonds is 4. The topological polar surface area (TPSA) is 15.3 Å². The maximum Gasteiger partial charge on any atom is 0.0317 e. The molecule has 0 bridgehead atoms. The SMILES string of the molecule is Cc1cc(C)cc(C(C)N(C)CC2CCCNC2)c1. The zero-order valence-corrected chi connectivity index (χ0v) is 12.9. The Labute approximate surface area is 118 Å². The molecule has 0 radical (unpaired) electrons. The summed E-state index contributed by atoms with van der Waals surface area (Å²) in [5, 5.41) is 3.51. The summed E-state index contributed by atoms with van der Waals surface area (Å²) in [5.41, 5.74) is 4.19. The second-order valence-corrected chi connectivity index (χ2v) is 6.25. The van der Waals surface area contributed by atoms with Crippen molar-refractivity contribution >= 4 is 0 Å². The molecule has 106 valence electrons. The minimum Gasteiger partial charge on any atom is -0.316 e. The maximum absolute atomic E-state index is 3.51. The predicted octanol–water partition coefficient (Wildman–Crippen LogP) is 3.30. The molecule has 1 aliphatic heterocycles. The monoisotopic (exact) mass is 260 g/mol. The van der Waals surface area contributed by atoms with Crippen molar-refractivity contribution in [2.75, 3.05) is 26.7 Å². The standard InChI is InChI=1S/C17H28N2/c1-13-8-14(2)10-17(9-13)15(3)19(4)12-16-6-5-7-18-11-16/h8-10,15-16,18H,5-7,11-12H2,1-4H3. The lowest BCUT2D eigenvalue weighted by Gasteiger charge is -2.31. The molecule has 2 unspecified atom stereocenters. The van der Waals surface area contributed by atoms with Crippen molar-refractivity contribution in [3.63, 3.8) is 0 Å². The zero-order valence-electron chi connectivity index (χ0n) is 12.9. The van der Waals surface area contributed by atoms with Crippen LogP contribution in [0.2, 0.25) is 0 Å². The molecule has 19 heavy (non-hydrogen) atoms. The first-order valence-electron chi connectivity index (χ1n) is 7.55. The van der Waals surface area contributed by atoms with Gasteiger partial charge in [-0.1, -0.05) is 29.3 Å². The molecule has 0 amide bonds. The van der Waals surface area contributed by atoms with Gasteiger partial charge in [0.1, 0.15) is 0 Å². The highest BCUT2D eigenvalue weighted by Crippen LogP contribution is 2.23. The number of nitrogens with zero attached hydrogens (tertiary/aromatic N) is 1. The van der Waals surface area contributed by atoms with Crippen LogP contribution in [0.1, 0.15) is 42.5 Å².